The Labute approximate surface area is 164 Å². The van der Waals surface area contributed by atoms with Gasteiger partial charge in [0.1, 0.15) is 23.3 Å². The quantitative estimate of drug-likeness (QED) is 0.689. The van der Waals surface area contributed by atoms with E-state index in [-0.39, 0.29) is 35.3 Å². The van der Waals surface area contributed by atoms with E-state index in [9.17, 15) is 22.4 Å². The molecule has 7 heteroatoms. The van der Waals surface area contributed by atoms with Gasteiger partial charge in [0.25, 0.3) is 0 Å². The van der Waals surface area contributed by atoms with Gasteiger partial charge in [-0.05, 0) is 47.6 Å². The molecule has 2 aliphatic heterocycles. The molecule has 2 heterocycles. The molecular weight excluding hydrogens is 384 g/mol. The molecule has 0 N–H and O–H groups in total. The fourth-order valence-corrected chi connectivity index (χ4v) is 3.26. The standard InChI is InChI=1S/C22H14F4N2O/c23-14-5-4-13(20(26)11-14)10-15-6-7-21-17(12-16(29)8-9-28(21)27-15)22-18(24)2-1-3-19(22)25/h1-9,11H,10,12H2. The normalized spacial score (nSPS) is 16.1. The highest BCUT2D eigenvalue weighted by atomic mass is 19.1. The van der Waals surface area contributed by atoms with Crippen LogP contribution in [-0.2, 0) is 11.2 Å². The SMILES string of the molecule is O=C1C=CN2N=C(Cc3ccc(F)cc3F)C=CC2=C(c2c(F)cccc2F)C1. The summed E-state index contributed by atoms with van der Waals surface area (Å²) in [7, 11) is 0. The second kappa shape index (κ2) is 7.50. The number of rotatable bonds is 3. The maximum Gasteiger partial charge on any atom is 0.161 e. The van der Waals surface area contributed by atoms with Crippen LogP contribution in [0.2, 0.25) is 0 Å². The molecule has 0 aromatic heterocycles. The number of nitrogens with zero attached hydrogens (tertiary/aromatic N) is 2. The minimum atomic E-state index is -0.779. The fraction of sp³-hybridized carbons (Fsp3) is 0.0909. The molecular formula is C22H14F4N2O. The molecule has 0 unspecified atom stereocenters. The number of ketones is 1. The van der Waals surface area contributed by atoms with Crippen LogP contribution in [0.3, 0.4) is 0 Å². The summed E-state index contributed by atoms with van der Waals surface area (Å²) in [6, 6.07) is 6.76. The predicted molar refractivity (Wildman–Crippen MR) is 101 cm³/mol. The molecule has 0 amide bonds. The number of hydrazone groups is 1. The van der Waals surface area contributed by atoms with Crippen LogP contribution in [0.25, 0.3) is 5.57 Å². The first-order valence-corrected chi connectivity index (χ1v) is 8.79. The Kier molecular flexibility index (Phi) is 4.88. The number of halogens is 4. The lowest BCUT2D eigenvalue weighted by molar-refractivity contribution is -0.113. The third-order valence-electron chi connectivity index (χ3n) is 4.63. The lowest BCUT2D eigenvalue weighted by Gasteiger charge is -2.23. The highest BCUT2D eigenvalue weighted by molar-refractivity contribution is 6.02. The van der Waals surface area contributed by atoms with Crippen molar-refractivity contribution in [1.29, 1.82) is 0 Å². The number of fused-ring (bicyclic) bond motifs is 1. The minimum absolute atomic E-state index is 0.0809. The second-order valence-electron chi connectivity index (χ2n) is 6.60. The fourth-order valence-electron chi connectivity index (χ4n) is 3.26. The van der Waals surface area contributed by atoms with Crippen LogP contribution in [0.4, 0.5) is 17.6 Å². The van der Waals surface area contributed by atoms with Crippen LogP contribution in [0.5, 0.6) is 0 Å². The number of carbonyl (C=O) groups excluding carboxylic acids is 1. The molecule has 2 aromatic rings. The summed E-state index contributed by atoms with van der Waals surface area (Å²) in [5, 5.41) is 5.69. The van der Waals surface area contributed by atoms with Gasteiger partial charge in [0.05, 0.1) is 17.0 Å². The van der Waals surface area contributed by atoms with Crippen LogP contribution in [0, 0.1) is 23.3 Å². The highest BCUT2D eigenvalue weighted by Gasteiger charge is 2.25. The Morgan fingerprint density at radius 2 is 1.69 bits per heavy atom. The third-order valence-corrected chi connectivity index (χ3v) is 4.63. The van der Waals surface area contributed by atoms with Gasteiger partial charge in [0.15, 0.2) is 5.78 Å². The van der Waals surface area contributed by atoms with Crippen molar-refractivity contribution in [1.82, 2.24) is 5.01 Å². The van der Waals surface area contributed by atoms with Crippen molar-refractivity contribution in [2.24, 2.45) is 5.10 Å². The lowest BCUT2D eigenvalue weighted by Crippen LogP contribution is -2.18. The number of hydrogen-bond donors (Lipinski definition) is 0. The van der Waals surface area contributed by atoms with Crippen molar-refractivity contribution in [3.63, 3.8) is 0 Å². The Morgan fingerprint density at radius 3 is 2.41 bits per heavy atom. The molecule has 0 saturated heterocycles. The molecule has 146 valence electrons. The van der Waals surface area contributed by atoms with Gasteiger partial charge in [-0.1, -0.05) is 12.1 Å². The first-order chi connectivity index (χ1) is 13.9. The topological polar surface area (TPSA) is 32.7 Å². The first-order valence-electron chi connectivity index (χ1n) is 8.79. The summed E-state index contributed by atoms with van der Waals surface area (Å²) < 4.78 is 55.7. The average molecular weight is 398 g/mol. The van der Waals surface area contributed by atoms with E-state index >= 15 is 0 Å². The monoisotopic (exact) mass is 398 g/mol. The van der Waals surface area contributed by atoms with E-state index in [4.69, 9.17) is 0 Å². The largest absolute Gasteiger partial charge is 0.294 e. The van der Waals surface area contributed by atoms with Crippen molar-refractivity contribution in [2.45, 2.75) is 12.8 Å². The molecule has 0 bridgehead atoms. The molecule has 2 aromatic carbocycles. The summed E-state index contributed by atoms with van der Waals surface area (Å²) >= 11 is 0. The van der Waals surface area contributed by atoms with Gasteiger partial charge in [0, 0.05) is 25.1 Å². The maximum absolute atomic E-state index is 14.3. The van der Waals surface area contributed by atoms with E-state index in [1.54, 1.807) is 12.2 Å². The molecule has 0 radical (unpaired) electrons. The zero-order valence-electron chi connectivity index (χ0n) is 15.0. The molecule has 0 fully saturated rings. The predicted octanol–water partition coefficient (Wildman–Crippen LogP) is 4.91. The van der Waals surface area contributed by atoms with Crippen LogP contribution in [0.1, 0.15) is 17.5 Å². The molecule has 4 rings (SSSR count). The van der Waals surface area contributed by atoms with Gasteiger partial charge >= 0.3 is 0 Å². The summed E-state index contributed by atoms with van der Waals surface area (Å²) in [5.41, 5.74) is 0.920. The maximum atomic E-state index is 14.3. The number of carbonyl (C=O) groups is 1. The Bertz CT molecular complexity index is 1110. The molecule has 0 atom stereocenters. The van der Waals surface area contributed by atoms with E-state index in [0.717, 1.165) is 24.3 Å². The zero-order valence-corrected chi connectivity index (χ0v) is 15.0. The molecule has 29 heavy (non-hydrogen) atoms. The van der Waals surface area contributed by atoms with Crippen LogP contribution in [-0.4, -0.2) is 16.5 Å². The molecule has 0 saturated carbocycles. The smallest absolute Gasteiger partial charge is 0.161 e. The molecule has 0 aliphatic carbocycles. The number of hydrogen-bond acceptors (Lipinski definition) is 3. The molecule has 3 nitrogen and oxygen atoms in total. The molecule has 0 spiro atoms. The summed E-state index contributed by atoms with van der Waals surface area (Å²) in [6.45, 7) is 0. The Hall–Kier alpha value is -3.48. The Morgan fingerprint density at radius 1 is 0.931 bits per heavy atom. The van der Waals surface area contributed by atoms with Crippen LogP contribution in [0.15, 0.2) is 71.6 Å². The van der Waals surface area contributed by atoms with Crippen molar-refractivity contribution < 1.29 is 22.4 Å². The van der Waals surface area contributed by atoms with E-state index in [1.807, 2.05) is 0 Å². The van der Waals surface area contributed by atoms with E-state index in [2.05, 4.69) is 5.10 Å². The third kappa shape index (κ3) is 3.76. The van der Waals surface area contributed by atoms with Crippen LogP contribution >= 0.6 is 0 Å². The minimum Gasteiger partial charge on any atom is -0.294 e. The number of benzene rings is 2. The van der Waals surface area contributed by atoms with Gasteiger partial charge in [-0.2, -0.15) is 5.10 Å². The summed E-state index contributed by atoms with van der Waals surface area (Å²) in [5.74, 6) is -3.27. The van der Waals surface area contributed by atoms with Gasteiger partial charge < -0.3 is 0 Å². The summed E-state index contributed by atoms with van der Waals surface area (Å²) in [4.78, 5) is 12.1. The van der Waals surface area contributed by atoms with Crippen molar-refractivity contribution in [3.05, 3.63) is 101 Å². The average Bonchev–Trinajstić information content (AvgIpc) is 2.83. The Balaban J connectivity index is 1.75. The van der Waals surface area contributed by atoms with E-state index < -0.39 is 23.3 Å². The van der Waals surface area contributed by atoms with Gasteiger partial charge in [-0.25, -0.2) is 22.6 Å². The van der Waals surface area contributed by atoms with Crippen molar-refractivity contribution in [3.8, 4) is 0 Å². The van der Waals surface area contributed by atoms with Crippen molar-refractivity contribution >= 4 is 17.1 Å². The van der Waals surface area contributed by atoms with Gasteiger partial charge in [0.2, 0.25) is 0 Å². The second-order valence-corrected chi connectivity index (χ2v) is 6.60. The lowest BCUT2D eigenvalue weighted by atomic mass is 9.96. The van der Waals surface area contributed by atoms with E-state index in [0.29, 0.717) is 11.4 Å². The number of allylic oxidation sites excluding steroid dienone is 4. The van der Waals surface area contributed by atoms with Gasteiger partial charge in [-0.15, -0.1) is 0 Å². The molecule has 2 aliphatic rings. The summed E-state index contributed by atoms with van der Waals surface area (Å²) in [6.07, 6.45) is 5.71. The van der Waals surface area contributed by atoms with Crippen molar-refractivity contribution in [2.75, 3.05) is 0 Å². The first kappa shape index (κ1) is 18.9. The zero-order chi connectivity index (χ0) is 20.5. The van der Waals surface area contributed by atoms with E-state index in [1.165, 1.54) is 29.4 Å². The van der Waals surface area contributed by atoms with Gasteiger partial charge in [-0.3, -0.25) is 4.79 Å². The highest BCUT2D eigenvalue weighted by Crippen LogP contribution is 2.33. The van der Waals surface area contributed by atoms with Crippen LogP contribution < -0.4 is 0 Å².